The van der Waals surface area contributed by atoms with Crippen molar-refractivity contribution in [2.45, 2.75) is 6.10 Å². The summed E-state index contributed by atoms with van der Waals surface area (Å²) in [6.07, 6.45) is -0.636. The van der Waals surface area contributed by atoms with E-state index in [9.17, 15) is 0 Å². The number of methoxy groups -OCH3 is 1. The molecule has 0 aromatic heterocycles. The molecule has 1 atom stereocenters. The van der Waals surface area contributed by atoms with Gasteiger partial charge in [0, 0.05) is 6.07 Å². The van der Waals surface area contributed by atoms with Gasteiger partial charge in [0.25, 0.3) is 0 Å². The molecular weight excluding hydrogens is 204 g/mol. The van der Waals surface area contributed by atoms with E-state index >= 15 is 0 Å². The van der Waals surface area contributed by atoms with E-state index in [2.05, 4.69) is 0 Å². The highest BCUT2D eigenvalue weighted by Crippen LogP contribution is 2.18. The predicted octanol–water partition coefficient (Wildman–Crippen LogP) is 1.67. The Morgan fingerprint density at radius 3 is 2.79 bits per heavy atom. The first kappa shape index (κ1) is 11.1. The smallest absolute Gasteiger partial charge is 0.123 e. The minimum absolute atomic E-state index is 0.171. The summed E-state index contributed by atoms with van der Waals surface area (Å²) in [5.41, 5.74) is 0. The highest BCUT2D eigenvalue weighted by Gasteiger charge is 2.03. The van der Waals surface area contributed by atoms with Crippen LogP contribution in [0.3, 0.4) is 0 Å². The Morgan fingerprint density at radius 1 is 1.43 bits per heavy atom. The molecule has 0 spiro atoms. The molecular formula is C10H13ClO3. The molecule has 0 radical (unpaired) electrons. The number of hydrogen-bond donors (Lipinski definition) is 1. The Bertz CT molecular complexity index is 278. The average Bonchev–Trinajstić information content (AvgIpc) is 2.26. The summed E-state index contributed by atoms with van der Waals surface area (Å²) in [6, 6.07) is 7.19. The SMILES string of the molecule is COc1cccc(OCC(O)CCl)c1. The first-order chi connectivity index (χ1) is 6.76. The highest BCUT2D eigenvalue weighted by atomic mass is 35.5. The molecule has 14 heavy (non-hydrogen) atoms. The normalized spacial score (nSPS) is 12.2. The van der Waals surface area contributed by atoms with E-state index in [1.165, 1.54) is 0 Å². The molecule has 1 N–H and O–H groups in total. The summed E-state index contributed by atoms with van der Waals surface area (Å²) in [5.74, 6) is 1.56. The van der Waals surface area contributed by atoms with E-state index in [-0.39, 0.29) is 12.5 Å². The Hall–Kier alpha value is -0.930. The summed E-state index contributed by atoms with van der Waals surface area (Å²) < 4.78 is 10.3. The van der Waals surface area contributed by atoms with Gasteiger partial charge in [-0.3, -0.25) is 0 Å². The van der Waals surface area contributed by atoms with Gasteiger partial charge in [0.05, 0.1) is 13.0 Å². The van der Waals surface area contributed by atoms with E-state index in [0.29, 0.717) is 5.75 Å². The predicted molar refractivity (Wildman–Crippen MR) is 55.2 cm³/mol. The largest absolute Gasteiger partial charge is 0.497 e. The van der Waals surface area contributed by atoms with Crippen molar-refractivity contribution in [2.24, 2.45) is 0 Å². The monoisotopic (exact) mass is 216 g/mol. The quantitative estimate of drug-likeness (QED) is 0.762. The molecule has 4 heteroatoms. The van der Waals surface area contributed by atoms with Crippen molar-refractivity contribution in [2.75, 3.05) is 19.6 Å². The third-order valence-electron chi connectivity index (χ3n) is 1.66. The van der Waals surface area contributed by atoms with Crippen molar-refractivity contribution in [3.05, 3.63) is 24.3 Å². The number of ether oxygens (including phenoxy) is 2. The Morgan fingerprint density at radius 2 is 2.14 bits per heavy atom. The van der Waals surface area contributed by atoms with Crippen LogP contribution in [0.2, 0.25) is 0 Å². The molecule has 0 aliphatic carbocycles. The van der Waals surface area contributed by atoms with Crippen molar-refractivity contribution < 1.29 is 14.6 Å². The second-order valence-electron chi connectivity index (χ2n) is 2.80. The third kappa shape index (κ3) is 3.44. The number of rotatable bonds is 5. The lowest BCUT2D eigenvalue weighted by Crippen LogP contribution is -2.18. The fourth-order valence-electron chi connectivity index (χ4n) is 0.928. The maximum atomic E-state index is 9.16. The molecule has 0 saturated carbocycles. The highest BCUT2D eigenvalue weighted by molar-refractivity contribution is 6.18. The van der Waals surface area contributed by atoms with Crippen LogP contribution in [0, 0.1) is 0 Å². The Balaban J connectivity index is 2.50. The molecule has 1 unspecified atom stereocenters. The molecule has 0 saturated heterocycles. The molecule has 3 nitrogen and oxygen atoms in total. The first-order valence-corrected chi connectivity index (χ1v) is 4.80. The zero-order chi connectivity index (χ0) is 10.4. The molecule has 0 bridgehead atoms. The van der Waals surface area contributed by atoms with Gasteiger partial charge >= 0.3 is 0 Å². The number of hydrogen-bond acceptors (Lipinski definition) is 3. The third-order valence-corrected chi connectivity index (χ3v) is 2.02. The van der Waals surface area contributed by atoms with Crippen LogP contribution < -0.4 is 9.47 Å². The van der Waals surface area contributed by atoms with Crippen molar-refractivity contribution in [1.82, 2.24) is 0 Å². The van der Waals surface area contributed by atoms with Crippen molar-refractivity contribution >= 4 is 11.6 Å². The maximum Gasteiger partial charge on any atom is 0.123 e. The second kappa shape index (κ2) is 5.73. The topological polar surface area (TPSA) is 38.7 Å². The van der Waals surface area contributed by atoms with Gasteiger partial charge in [-0.1, -0.05) is 6.07 Å². The first-order valence-electron chi connectivity index (χ1n) is 4.27. The lowest BCUT2D eigenvalue weighted by Gasteiger charge is -2.10. The van der Waals surface area contributed by atoms with Crippen molar-refractivity contribution in [3.63, 3.8) is 0 Å². The van der Waals surface area contributed by atoms with E-state index < -0.39 is 6.10 Å². The summed E-state index contributed by atoms with van der Waals surface area (Å²) in [4.78, 5) is 0. The zero-order valence-corrected chi connectivity index (χ0v) is 8.70. The summed E-state index contributed by atoms with van der Waals surface area (Å²) in [6.45, 7) is 0.191. The number of alkyl halides is 1. The molecule has 1 aromatic rings. The molecule has 0 amide bonds. The fourth-order valence-corrected chi connectivity index (χ4v) is 1.02. The van der Waals surface area contributed by atoms with Gasteiger partial charge in [-0.25, -0.2) is 0 Å². The molecule has 0 aliphatic rings. The van der Waals surface area contributed by atoms with Crippen LogP contribution in [0.25, 0.3) is 0 Å². The van der Waals surface area contributed by atoms with Gasteiger partial charge in [0.2, 0.25) is 0 Å². The lowest BCUT2D eigenvalue weighted by molar-refractivity contribution is 0.125. The molecule has 78 valence electrons. The average molecular weight is 217 g/mol. The van der Waals surface area contributed by atoms with Gasteiger partial charge in [0.1, 0.15) is 24.2 Å². The molecule has 1 rings (SSSR count). The summed E-state index contributed by atoms with van der Waals surface area (Å²) in [5, 5.41) is 9.16. The van der Waals surface area contributed by atoms with E-state index in [1.807, 2.05) is 12.1 Å². The molecule has 0 aliphatic heterocycles. The number of aliphatic hydroxyl groups excluding tert-OH is 1. The Labute approximate surface area is 88.2 Å². The standard InChI is InChI=1S/C10H13ClO3/c1-13-9-3-2-4-10(5-9)14-7-8(12)6-11/h2-5,8,12H,6-7H2,1H3. The van der Waals surface area contributed by atoms with E-state index in [4.69, 9.17) is 26.2 Å². The minimum atomic E-state index is -0.636. The fraction of sp³-hybridized carbons (Fsp3) is 0.400. The van der Waals surface area contributed by atoms with Crippen molar-refractivity contribution in [3.8, 4) is 11.5 Å². The van der Waals surface area contributed by atoms with Crippen LogP contribution in [-0.4, -0.2) is 30.8 Å². The van der Waals surface area contributed by atoms with Crippen LogP contribution in [-0.2, 0) is 0 Å². The lowest BCUT2D eigenvalue weighted by atomic mass is 10.3. The van der Waals surface area contributed by atoms with E-state index in [0.717, 1.165) is 5.75 Å². The summed E-state index contributed by atoms with van der Waals surface area (Å²) in [7, 11) is 1.59. The second-order valence-corrected chi connectivity index (χ2v) is 3.11. The minimum Gasteiger partial charge on any atom is -0.497 e. The van der Waals surface area contributed by atoms with Gasteiger partial charge < -0.3 is 14.6 Å². The van der Waals surface area contributed by atoms with Crippen molar-refractivity contribution in [1.29, 1.82) is 0 Å². The zero-order valence-electron chi connectivity index (χ0n) is 7.94. The van der Waals surface area contributed by atoms with Gasteiger partial charge in [0.15, 0.2) is 0 Å². The van der Waals surface area contributed by atoms with Crippen LogP contribution in [0.15, 0.2) is 24.3 Å². The molecule has 1 aromatic carbocycles. The van der Waals surface area contributed by atoms with Crippen LogP contribution in [0.1, 0.15) is 0 Å². The van der Waals surface area contributed by atoms with Gasteiger partial charge in [-0.15, -0.1) is 11.6 Å². The summed E-state index contributed by atoms with van der Waals surface area (Å²) >= 11 is 5.42. The van der Waals surface area contributed by atoms with Crippen LogP contribution >= 0.6 is 11.6 Å². The number of aliphatic hydroxyl groups is 1. The Kier molecular flexibility index (Phi) is 4.56. The number of halogens is 1. The van der Waals surface area contributed by atoms with Crippen LogP contribution in [0.4, 0.5) is 0 Å². The molecule has 0 fully saturated rings. The van der Waals surface area contributed by atoms with E-state index in [1.54, 1.807) is 19.2 Å². The van der Waals surface area contributed by atoms with Gasteiger partial charge in [-0.2, -0.15) is 0 Å². The van der Waals surface area contributed by atoms with Crippen LogP contribution in [0.5, 0.6) is 11.5 Å². The maximum absolute atomic E-state index is 9.16. The molecule has 0 heterocycles. The van der Waals surface area contributed by atoms with Gasteiger partial charge in [-0.05, 0) is 12.1 Å². The number of benzene rings is 1.